The Labute approximate surface area is 114 Å². The van der Waals surface area contributed by atoms with Gasteiger partial charge in [0.1, 0.15) is 0 Å². The molecule has 102 valence electrons. The lowest BCUT2D eigenvalue weighted by atomic mass is 10.2. The van der Waals surface area contributed by atoms with Crippen LogP contribution in [-0.2, 0) is 6.54 Å². The van der Waals surface area contributed by atoms with Crippen molar-refractivity contribution >= 4 is 0 Å². The average Bonchev–Trinajstić information content (AvgIpc) is 2.77. The molecule has 1 N–H and O–H groups in total. The summed E-state index contributed by atoms with van der Waals surface area (Å²) in [7, 11) is 0. The van der Waals surface area contributed by atoms with E-state index in [-0.39, 0.29) is 0 Å². The summed E-state index contributed by atoms with van der Waals surface area (Å²) < 4.78 is 1.81. The SMILES string of the molecule is Cc1cnn(-c2ccc(CNCC(C)C)c(C)n2)c1. The first-order chi connectivity index (χ1) is 9.06. The Bertz CT molecular complexity index is 543. The normalized spacial score (nSPS) is 11.2. The number of pyridine rings is 1. The van der Waals surface area contributed by atoms with Crippen LogP contribution in [-0.4, -0.2) is 21.3 Å². The third kappa shape index (κ3) is 3.64. The molecule has 0 saturated heterocycles. The minimum absolute atomic E-state index is 0.666. The monoisotopic (exact) mass is 258 g/mol. The third-order valence-electron chi connectivity index (χ3n) is 3.00. The van der Waals surface area contributed by atoms with Gasteiger partial charge in [-0.05, 0) is 43.5 Å². The maximum atomic E-state index is 4.61. The first-order valence-electron chi connectivity index (χ1n) is 6.75. The van der Waals surface area contributed by atoms with E-state index in [1.165, 1.54) is 5.56 Å². The van der Waals surface area contributed by atoms with Crippen LogP contribution in [0.5, 0.6) is 0 Å². The molecule has 0 amide bonds. The van der Waals surface area contributed by atoms with Crippen LogP contribution in [0.15, 0.2) is 24.5 Å². The van der Waals surface area contributed by atoms with Gasteiger partial charge >= 0.3 is 0 Å². The van der Waals surface area contributed by atoms with Crippen LogP contribution in [0, 0.1) is 19.8 Å². The summed E-state index contributed by atoms with van der Waals surface area (Å²) in [5, 5.41) is 7.72. The highest BCUT2D eigenvalue weighted by Crippen LogP contribution is 2.10. The van der Waals surface area contributed by atoms with Crippen LogP contribution < -0.4 is 5.32 Å². The van der Waals surface area contributed by atoms with Crippen molar-refractivity contribution in [3.8, 4) is 5.82 Å². The molecule has 2 aromatic rings. The van der Waals surface area contributed by atoms with E-state index in [0.717, 1.165) is 30.2 Å². The molecule has 0 atom stereocenters. The minimum Gasteiger partial charge on any atom is -0.312 e. The zero-order valence-electron chi connectivity index (χ0n) is 12.1. The Kier molecular flexibility index (Phi) is 4.32. The Morgan fingerprint density at radius 1 is 1.26 bits per heavy atom. The van der Waals surface area contributed by atoms with Crippen molar-refractivity contribution < 1.29 is 0 Å². The number of aromatic nitrogens is 3. The number of aryl methyl sites for hydroxylation is 2. The van der Waals surface area contributed by atoms with Crippen molar-refractivity contribution in [3.05, 3.63) is 41.3 Å². The topological polar surface area (TPSA) is 42.7 Å². The Morgan fingerprint density at radius 2 is 2.05 bits per heavy atom. The van der Waals surface area contributed by atoms with Crippen molar-refractivity contribution in [1.82, 2.24) is 20.1 Å². The van der Waals surface area contributed by atoms with Crippen molar-refractivity contribution in [2.45, 2.75) is 34.2 Å². The van der Waals surface area contributed by atoms with Gasteiger partial charge in [-0.2, -0.15) is 5.10 Å². The quantitative estimate of drug-likeness (QED) is 0.896. The van der Waals surface area contributed by atoms with Gasteiger partial charge in [0.05, 0.1) is 6.20 Å². The molecule has 0 radical (unpaired) electrons. The molecule has 0 aromatic carbocycles. The van der Waals surface area contributed by atoms with E-state index in [4.69, 9.17) is 0 Å². The van der Waals surface area contributed by atoms with Crippen molar-refractivity contribution in [3.63, 3.8) is 0 Å². The predicted molar refractivity (Wildman–Crippen MR) is 77.4 cm³/mol. The first-order valence-corrected chi connectivity index (χ1v) is 6.75. The molecule has 4 heteroatoms. The summed E-state index contributed by atoms with van der Waals surface area (Å²) in [4.78, 5) is 4.61. The van der Waals surface area contributed by atoms with Crippen LogP contribution in [0.3, 0.4) is 0 Å². The van der Waals surface area contributed by atoms with Gasteiger partial charge in [0.25, 0.3) is 0 Å². The smallest absolute Gasteiger partial charge is 0.153 e. The molecule has 0 aliphatic rings. The summed E-state index contributed by atoms with van der Waals surface area (Å²) in [5.41, 5.74) is 3.44. The predicted octanol–water partition coefficient (Wildman–Crippen LogP) is 2.63. The molecule has 19 heavy (non-hydrogen) atoms. The third-order valence-corrected chi connectivity index (χ3v) is 3.00. The van der Waals surface area contributed by atoms with E-state index >= 15 is 0 Å². The number of hydrogen-bond donors (Lipinski definition) is 1. The fourth-order valence-electron chi connectivity index (χ4n) is 1.92. The van der Waals surface area contributed by atoms with Crippen molar-refractivity contribution in [1.29, 1.82) is 0 Å². The first kappa shape index (κ1) is 13.7. The zero-order chi connectivity index (χ0) is 13.8. The molecule has 0 aliphatic carbocycles. The Morgan fingerprint density at radius 3 is 2.63 bits per heavy atom. The zero-order valence-corrected chi connectivity index (χ0v) is 12.1. The fraction of sp³-hybridized carbons (Fsp3) is 0.467. The molecular formula is C15H22N4. The second-order valence-corrected chi connectivity index (χ2v) is 5.40. The summed E-state index contributed by atoms with van der Waals surface area (Å²) in [6.07, 6.45) is 3.83. The standard InChI is InChI=1S/C15H22N4/c1-11(2)7-16-9-14-5-6-15(18-13(14)4)19-10-12(3)8-17-19/h5-6,8,10-11,16H,7,9H2,1-4H3. The number of nitrogens with zero attached hydrogens (tertiary/aromatic N) is 3. The van der Waals surface area contributed by atoms with Crippen molar-refractivity contribution in [2.75, 3.05) is 6.54 Å². The van der Waals surface area contributed by atoms with Crippen LogP contribution in [0.2, 0.25) is 0 Å². The number of nitrogens with one attached hydrogen (secondary N) is 1. The van der Waals surface area contributed by atoms with Gasteiger partial charge in [-0.25, -0.2) is 9.67 Å². The van der Waals surface area contributed by atoms with Gasteiger partial charge < -0.3 is 5.32 Å². The van der Waals surface area contributed by atoms with Gasteiger partial charge in [-0.1, -0.05) is 19.9 Å². The molecule has 2 rings (SSSR count). The summed E-state index contributed by atoms with van der Waals surface area (Å²) in [6, 6.07) is 4.15. The van der Waals surface area contributed by atoms with E-state index in [0.29, 0.717) is 5.92 Å². The number of hydrogen-bond acceptors (Lipinski definition) is 3. The van der Waals surface area contributed by atoms with E-state index < -0.39 is 0 Å². The molecule has 0 aliphatic heterocycles. The van der Waals surface area contributed by atoms with Crippen molar-refractivity contribution in [2.24, 2.45) is 5.92 Å². The Hall–Kier alpha value is -1.68. The van der Waals surface area contributed by atoms with E-state index in [1.807, 2.05) is 37.0 Å². The van der Waals surface area contributed by atoms with E-state index in [9.17, 15) is 0 Å². The molecule has 2 heterocycles. The molecule has 0 unspecified atom stereocenters. The second-order valence-electron chi connectivity index (χ2n) is 5.40. The van der Waals surface area contributed by atoms with Crippen LogP contribution in [0.1, 0.15) is 30.7 Å². The lowest BCUT2D eigenvalue weighted by molar-refractivity contribution is 0.551. The fourth-order valence-corrected chi connectivity index (χ4v) is 1.92. The second kappa shape index (κ2) is 5.97. The van der Waals surface area contributed by atoms with Gasteiger partial charge in [-0.15, -0.1) is 0 Å². The van der Waals surface area contributed by atoms with Crippen LogP contribution >= 0.6 is 0 Å². The minimum atomic E-state index is 0.666. The van der Waals surface area contributed by atoms with Crippen LogP contribution in [0.4, 0.5) is 0 Å². The largest absolute Gasteiger partial charge is 0.312 e. The molecular weight excluding hydrogens is 236 g/mol. The lowest BCUT2D eigenvalue weighted by Crippen LogP contribution is -2.19. The summed E-state index contributed by atoms with van der Waals surface area (Å²) >= 11 is 0. The molecule has 0 fully saturated rings. The van der Waals surface area contributed by atoms with Gasteiger partial charge in [0.2, 0.25) is 0 Å². The highest BCUT2D eigenvalue weighted by molar-refractivity contribution is 5.30. The summed E-state index contributed by atoms with van der Waals surface area (Å²) in [6.45, 7) is 10.4. The highest BCUT2D eigenvalue weighted by atomic mass is 15.3. The molecule has 4 nitrogen and oxygen atoms in total. The average molecular weight is 258 g/mol. The van der Waals surface area contributed by atoms with Gasteiger partial charge in [-0.3, -0.25) is 0 Å². The molecule has 0 spiro atoms. The lowest BCUT2D eigenvalue weighted by Gasteiger charge is -2.10. The van der Waals surface area contributed by atoms with Gasteiger partial charge in [0, 0.05) is 18.4 Å². The van der Waals surface area contributed by atoms with E-state index in [2.05, 4.69) is 35.3 Å². The van der Waals surface area contributed by atoms with Crippen LogP contribution in [0.25, 0.3) is 5.82 Å². The maximum Gasteiger partial charge on any atom is 0.153 e. The van der Waals surface area contributed by atoms with Gasteiger partial charge in [0.15, 0.2) is 5.82 Å². The Balaban J connectivity index is 2.09. The molecule has 0 bridgehead atoms. The van der Waals surface area contributed by atoms with E-state index in [1.54, 1.807) is 0 Å². The molecule has 0 saturated carbocycles. The molecule has 2 aromatic heterocycles. The highest BCUT2D eigenvalue weighted by Gasteiger charge is 2.04. The maximum absolute atomic E-state index is 4.61. The number of rotatable bonds is 5. The summed E-state index contributed by atoms with van der Waals surface area (Å²) in [5.74, 6) is 1.54.